The first kappa shape index (κ1) is 21.3. The van der Waals surface area contributed by atoms with Crippen LogP contribution in [-0.2, 0) is 4.79 Å². The lowest BCUT2D eigenvalue weighted by atomic mass is 9.94. The normalized spacial score (nSPS) is 14.4. The second kappa shape index (κ2) is 9.87. The standard InChI is InChI=1S/C22H24F2N2O2S/c1-26(16-7-3-2-4-8-16)21(27)14-29-20-10-6-5-9-17(20)22(28)25-19-12-11-15(23)13-18(19)24/h5-6,9-13,16H,2-4,7-8,14H2,1H3,(H,25,28). The highest BCUT2D eigenvalue weighted by Crippen LogP contribution is 2.26. The number of rotatable bonds is 6. The van der Waals surface area contributed by atoms with Gasteiger partial charge in [-0.3, -0.25) is 9.59 Å². The van der Waals surface area contributed by atoms with Crippen LogP contribution in [0.25, 0.3) is 0 Å². The second-order valence-corrected chi connectivity index (χ2v) is 8.18. The molecule has 0 saturated heterocycles. The van der Waals surface area contributed by atoms with Gasteiger partial charge in [0.05, 0.1) is 17.0 Å². The highest BCUT2D eigenvalue weighted by atomic mass is 32.2. The molecule has 2 amide bonds. The Bertz CT molecular complexity index is 885. The Balaban J connectivity index is 1.65. The van der Waals surface area contributed by atoms with Gasteiger partial charge < -0.3 is 10.2 Å². The van der Waals surface area contributed by atoms with Crippen LogP contribution in [0.3, 0.4) is 0 Å². The Hall–Kier alpha value is -2.41. The van der Waals surface area contributed by atoms with E-state index < -0.39 is 17.5 Å². The van der Waals surface area contributed by atoms with Crippen LogP contribution in [0.1, 0.15) is 42.5 Å². The molecule has 1 fully saturated rings. The number of nitrogens with zero attached hydrogens (tertiary/aromatic N) is 1. The molecular weight excluding hydrogens is 394 g/mol. The molecular formula is C22H24F2N2O2S. The maximum absolute atomic E-state index is 13.8. The van der Waals surface area contributed by atoms with Crippen LogP contribution >= 0.6 is 11.8 Å². The third kappa shape index (κ3) is 5.56. The SMILES string of the molecule is CN(C(=O)CSc1ccccc1C(=O)Nc1ccc(F)cc1F)C1CCCCC1. The molecule has 1 saturated carbocycles. The summed E-state index contributed by atoms with van der Waals surface area (Å²) in [5.74, 6) is -1.81. The summed E-state index contributed by atoms with van der Waals surface area (Å²) in [5, 5.41) is 2.47. The van der Waals surface area contributed by atoms with Crippen molar-refractivity contribution in [2.75, 3.05) is 18.1 Å². The van der Waals surface area contributed by atoms with Gasteiger partial charge in [0.2, 0.25) is 5.91 Å². The molecule has 1 aliphatic rings. The van der Waals surface area contributed by atoms with Crippen molar-refractivity contribution in [2.45, 2.75) is 43.0 Å². The van der Waals surface area contributed by atoms with E-state index in [1.165, 1.54) is 24.2 Å². The van der Waals surface area contributed by atoms with E-state index in [1.807, 2.05) is 11.9 Å². The lowest BCUT2D eigenvalue weighted by Gasteiger charge is -2.31. The number of benzene rings is 2. The Labute approximate surface area is 173 Å². The Kier molecular flexibility index (Phi) is 7.25. The van der Waals surface area contributed by atoms with Crippen LogP contribution in [-0.4, -0.2) is 35.6 Å². The van der Waals surface area contributed by atoms with Crippen molar-refractivity contribution >= 4 is 29.3 Å². The molecule has 1 aliphatic carbocycles. The van der Waals surface area contributed by atoms with Gasteiger partial charge in [0, 0.05) is 24.1 Å². The van der Waals surface area contributed by atoms with Gasteiger partial charge in [-0.15, -0.1) is 11.8 Å². The van der Waals surface area contributed by atoms with E-state index in [0.717, 1.165) is 37.8 Å². The smallest absolute Gasteiger partial charge is 0.256 e. The average Bonchev–Trinajstić information content (AvgIpc) is 2.74. The molecule has 2 aromatic rings. The monoisotopic (exact) mass is 418 g/mol. The maximum Gasteiger partial charge on any atom is 0.256 e. The molecule has 0 heterocycles. The molecule has 2 aromatic carbocycles. The van der Waals surface area contributed by atoms with E-state index in [9.17, 15) is 18.4 Å². The van der Waals surface area contributed by atoms with E-state index in [0.29, 0.717) is 10.5 Å². The topological polar surface area (TPSA) is 49.4 Å². The Morgan fingerprint density at radius 1 is 1.10 bits per heavy atom. The summed E-state index contributed by atoms with van der Waals surface area (Å²) in [6.45, 7) is 0. The van der Waals surface area contributed by atoms with Crippen LogP contribution in [0.5, 0.6) is 0 Å². The summed E-state index contributed by atoms with van der Waals surface area (Å²) in [6, 6.07) is 10.1. The van der Waals surface area contributed by atoms with Gasteiger partial charge in [-0.1, -0.05) is 31.4 Å². The van der Waals surface area contributed by atoms with Gasteiger partial charge in [0.15, 0.2) is 0 Å². The molecule has 7 heteroatoms. The number of anilines is 1. The van der Waals surface area contributed by atoms with Crippen LogP contribution in [0.2, 0.25) is 0 Å². The van der Waals surface area contributed by atoms with Gasteiger partial charge in [-0.05, 0) is 37.1 Å². The zero-order chi connectivity index (χ0) is 20.8. The summed E-state index contributed by atoms with van der Waals surface area (Å²) in [4.78, 5) is 27.7. The number of nitrogens with one attached hydrogen (secondary N) is 1. The molecule has 0 radical (unpaired) electrons. The predicted octanol–water partition coefficient (Wildman–Crippen LogP) is 5.10. The van der Waals surface area contributed by atoms with Crippen LogP contribution in [0, 0.1) is 11.6 Å². The van der Waals surface area contributed by atoms with Crippen LogP contribution in [0.15, 0.2) is 47.4 Å². The lowest BCUT2D eigenvalue weighted by molar-refractivity contribution is -0.129. The Morgan fingerprint density at radius 2 is 1.83 bits per heavy atom. The fourth-order valence-corrected chi connectivity index (χ4v) is 4.45. The molecule has 1 N–H and O–H groups in total. The minimum absolute atomic E-state index is 0.0293. The third-order valence-corrected chi connectivity index (χ3v) is 6.24. The van der Waals surface area contributed by atoms with Crippen LogP contribution < -0.4 is 5.32 Å². The number of halogens is 2. The number of amides is 2. The zero-order valence-corrected chi connectivity index (χ0v) is 17.1. The maximum atomic E-state index is 13.8. The zero-order valence-electron chi connectivity index (χ0n) is 16.3. The van der Waals surface area contributed by atoms with Gasteiger partial charge in [0.25, 0.3) is 5.91 Å². The molecule has 3 rings (SSSR count). The molecule has 4 nitrogen and oxygen atoms in total. The number of carbonyl (C=O) groups is 2. The molecule has 0 unspecified atom stereocenters. The van der Waals surface area contributed by atoms with Crippen LogP contribution in [0.4, 0.5) is 14.5 Å². The number of hydrogen-bond acceptors (Lipinski definition) is 3. The third-order valence-electron chi connectivity index (χ3n) is 5.18. The highest BCUT2D eigenvalue weighted by Gasteiger charge is 2.22. The van der Waals surface area contributed by atoms with E-state index >= 15 is 0 Å². The molecule has 0 aliphatic heterocycles. The van der Waals surface area contributed by atoms with Gasteiger partial charge >= 0.3 is 0 Å². The molecule has 0 atom stereocenters. The second-order valence-electron chi connectivity index (χ2n) is 7.16. The summed E-state index contributed by atoms with van der Waals surface area (Å²) in [6.07, 6.45) is 5.60. The fourth-order valence-electron chi connectivity index (χ4n) is 3.47. The first-order valence-electron chi connectivity index (χ1n) is 9.69. The van der Waals surface area contributed by atoms with Crippen molar-refractivity contribution in [3.05, 3.63) is 59.7 Å². The largest absolute Gasteiger partial charge is 0.342 e. The first-order chi connectivity index (χ1) is 14.0. The van der Waals surface area contributed by atoms with Gasteiger partial charge in [-0.25, -0.2) is 8.78 Å². The highest BCUT2D eigenvalue weighted by molar-refractivity contribution is 8.00. The molecule has 29 heavy (non-hydrogen) atoms. The van der Waals surface area contributed by atoms with E-state index in [2.05, 4.69) is 5.32 Å². The summed E-state index contributed by atoms with van der Waals surface area (Å²) in [5.41, 5.74) is 0.249. The van der Waals surface area contributed by atoms with Crippen molar-refractivity contribution in [3.8, 4) is 0 Å². The minimum atomic E-state index is -0.840. The van der Waals surface area contributed by atoms with Crippen molar-refractivity contribution in [1.29, 1.82) is 0 Å². The van der Waals surface area contributed by atoms with Crippen molar-refractivity contribution < 1.29 is 18.4 Å². The van der Waals surface area contributed by atoms with Gasteiger partial charge in [-0.2, -0.15) is 0 Å². The minimum Gasteiger partial charge on any atom is -0.342 e. The molecule has 0 bridgehead atoms. The van der Waals surface area contributed by atoms with E-state index in [-0.39, 0.29) is 23.4 Å². The lowest BCUT2D eigenvalue weighted by Crippen LogP contribution is -2.39. The van der Waals surface area contributed by atoms with E-state index in [4.69, 9.17) is 0 Å². The predicted molar refractivity (Wildman–Crippen MR) is 111 cm³/mol. The summed E-state index contributed by atoms with van der Waals surface area (Å²) < 4.78 is 26.9. The number of thioether (sulfide) groups is 1. The number of hydrogen-bond donors (Lipinski definition) is 1. The molecule has 154 valence electrons. The Morgan fingerprint density at radius 3 is 2.55 bits per heavy atom. The van der Waals surface area contributed by atoms with Crippen molar-refractivity contribution in [1.82, 2.24) is 4.90 Å². The van der Waals surface area contributed by atoms with E-state index in [1.54, 1.807) is 24.3 Å². The molecule has 0 aromatic heterocycles. The van der Waals surface area contributed by atoms with Gasteiger partial charge in [0.1, 0.15) is 11.6 Å². The average molecular weight is 419 g/mol. The molecule has 0 spiro atoms. The van der Waals surface area contributed by atoms with Crippen molar-refractivity contribution in [3.63, 3.8) is 0 Å². The van der Waals surface area contributed by atoms with Crippen molar-refractivity contribution in [2.24, 2.45) is 0 Å². The number of carbonyl (C=O) groups excluding carboxylic acids is 2. The summed E-state index contributed by atoms with van der Waals surface area (Å²) in [7, 11) is 1.84. The summed E-state index contributed by atoms with van der Waals surface area (Å²) >= 11 is 1.29. The fraction of sp³-hybridized carbons (Fsp3) is 0.364. The first-order valence-corrected chi connectivity index (χ1v) is 10.7. The quantitative estimate of drug-likeness (QED) is 0.664.